The van der Waals surface area contributed by atoms with Gasteiger partial charge in [0.1, 0.15) is 5.75 Å². The van der Waals surface area contributed by atoms with Crippen LogP contribution >= 0.6 is 12.4 Å². The molecular weight excluding hydrogens is 438 g/mol. The van der Waals surface area contributed by atoms with E-state index in [1.54, 1.807) is 4.90 Å². The maximum Gasteiger partial charge on any atom is 0.236 e. The first-order chi connectivity index (χ1) is 15.3. The number of benzene rings is 1. The molecule has 6 nitrogen and oxygen atoms in total. The minimum Gasteiger partial charge on any atom is -0.489 e. The van der Waals surface area contributed by atoms with Crippen molar-refractivity contribution in [1.29, 1.82) is 0 Å². The number of imide groups is 1. The van der Waals surface area contributed by atoms with Crippen molar-refractivity contribution in [2.24, 2.45) is 10.8 Å². The first-order valence-electron chi connectivity index (χ1n) is 12.0. The molecule has 0 bridgehead atoms. The fraction of sp³-hybridized carbons (Fsp3) is 0.615. The zero-order chi connectivity index (χ0) is 22.9. The molecule has 4 rings (SSSR count). The second-order valence-electron chi connectivity index (χ2n) is 10.1. The molecule has 1 aromatic carbocycles. The molecule has 0 spiro atoms. The molecule has 2 fully saturated rings. The van der Waals surface area contributed by atoms with Gasteiger partial charge >= 0.3 is 0 Å². The van der Waals surface area contributed by atoms with E-state index in [0.29, 0.717) is 19.4 Å². The summed E-state index contributed by atoms with van der Waals surface area (Å²) in [6, 6.07) is 8.26. The van der Waals surface area contributed by atoms with Gasteiger partial charge in [0.2, 0.25) is 11.8 Å². The van der Waals surface area contributed by atoms with Crippen molar-refractivity contribution >= 4 is 29.9 Å². The van der Waals surface area contributed by atoms with Gasteiger partial charge in [-0.2, -0.15) is 0 Å². The van der Waals surface area contributed by atoms with Crippen LogP contribution < -0.4 is 9.64 Å². The molecule has 2 unspecified atom stereocenters. The summed E-state index contributed by atoms with van der Waals surface area (Å²) < 4.78 is 5.99. The first kappa shape index (κ1) is 25.6. The van der Waals surface area contributed by atoms with Crippen LogP contribution in [0.5, 0.6) is 5.75 Å². The predicted octanol–water partition coefficient (Wildman–Crippen LogP) is 4.14. The average molecular weight is 476 g/mol. The SMILES string of the molecule is CC(C)Oc1ccccc1N1CCN(CCCN2C(=O)C3(C)CC=CCC3(C)C2=O)CC1.Cl. The minimum atomic E-state index is -0.587. The standard InChI is InChI=1S/C26H37N3O3.ClH/c1-20(2)32-22-11-6-5-10-21(22)28-18-16-27(17-19-28)14-9-15-29-23(30)25(3)12-7-8-13-26(25,4)24(29)31;/h5-8,10-11,20H,9,12-19H2,1-4H3;1H. The van der Waals surface area contributed by atoms with Crippen LogP contribution in [0.4, 0.5) is 5.69 Å². The van der Waals surface area contributed by atoms with Gasteiger partial charge in [-0.1, -0.05) is 24.3 Å². The third-order valence-corrected chi connectivity index (χ3v) is 7.67. The summed E-state index contributed by atoms with van der Waals surface area (Å²) in [4.78, 5) is 32.6. The van der Waals surface area contributed by atoms with E-state index in [1.165, 1.54) is 0 Å². The molecule has 2 atom stereocenters. The lowest BCUT2D eigenvalue weighted by Gasteiger charge is -2.37. The summed E-state index contributed by atoms with van der Waals surface area (Å²) in [6.07, 6.45) is 6.41. The van der Waals surface area contributed by atoms with Gasteiger partial charge < -0.3 is 9.64 Å². The number of para-hydroxylation sites is 2. The number of halogens is 1. The molecule has 2 heterocycles. The summed E-state index contributed by atoms with van der Waals surface area (Å²) in [5.74, 6) is 0.974. The average Bonchev–Trinajstić information content (AvgIpc) is 2.92. The maximum atomic E-state index is 13.1. The smallest absolute Gasteiger partial charge is 0.236 e. The van der Waals surface area contributed by atoms with E-state index in [2.05, 4.69) is 47.9 Å². The molecule has 182 valence electrons. The Labute approximate surface area is 204 Å². The number of hydrogen-bond acceptors (Lipinski definition) is 5. The molecule has 33 heavy (non-hydrogen) atoms. The lowest BCUT2D eigenvalue weighted by Crippen LogP contribution is -2.47. The van der Waals surface area contributed by atoms with E-state index < -0.39 is 10.8 Å². The minimum absolute atomic E-state index is 0. The Morgan fingerprint density at radius 1 is 0.909 bits per heavy atom. The Bertz CT molecular complexity index is 865. The van der Waals surface area contributed by atoms with E-state index in [1.807, 2.05) is 26.0 Å². The molecule has 1 aromatic rings. The highest BCUT2D eigenvalue weighted by atomic mass is 35.5. The zero-order valence-corrected chi connectivity index (χ0v) is 21.2. The van der Waals surface area contributed by atoms with Gasteiger partial charge in [-0.3, -0.25) is 19.4 Å². The van der Waals surface area contributed by atoms with Crippen molar-refractivity contribution in [3.63, 3.8) is 0 Å². The number of anilines is 1. The Morgan fingerprint density at radius 2 is 1.48 bits per heavy atom. The van der Waals surface area contributed by atoms with Crippen LogP contribution in [0.15, 0.2) is 36.4 Å². The fourth-order valence-corrected chi connectivity index (χ4v) is 5.36. The first-order valence-corrected chi connectivity index (χ1v) is 12.0. The Hall–Kier alpha value is -2.05. The van der Waals surface area contributed by atoms with E-state index in [9.17, 15) is 9.59 Å². The number of ether oxygens (including phenoxy) is 1. The van der Waals surface area contributed by atoms with Crippen LogP contribution in [0, 0.1) is 10.8 Å². The number of nitrogens with zero attached hydrogens (tertiary/aromatic N) is 3. The molecule has 0 saturated carbocycles. The third-order valence-electron chi connectivity index (χ3n) is 7.67. The lowest BCUT2D eigenvalue weighted by molar-refractivity contribution is -0.141. The second-order valence-corrected chi connectivity index (χ2v) is 10.1. The Balaban J connectivity index is 0.00000306. The Kier molecular flexibility index (Phi) is 7.80. The summed E-state index contributed by atoms with van der Waals surface area (Å²) >= 11 is 0. The molecule has 0 radical (unpaired) electrons. The fourth-order valence-electron chi connectivity index (χ4n) is 5.36. The van der Waals surface area contributed by atoms with E-state index >= 15 is 0 Å². The van der Waals surface area contributed by atoms with Gasteiger partial charge in [-0.05, 0) is 65.6 Å². The van der Waals surface area contributed by atoms with Crippen molar-refractivity contribution in [3.8, 4) is 5.75 Å². The molecule has 2 saturated heterocycles. The maximum absolute atomic E-state index is 13.1. The van der Waals surface area contributed by atoms with Crippen LogP contribution in [-0.2, 0) is 9.59 Å². The van der Waals surface area contributed by atoms with Crippen molar-refractivity contribution in [1.82, 2.24) is 9.80 Å². The molecular formula is C26H38ClN3O3. The van der Waals surface area contributed by atoms with Crippen LogP contribution in [0.2, 0.25) is 0 Å². The number of rotatable bonds is 7. The number of amides is 2. The van der Waals surface area contributed by atoms with E-state index in [0.717, 1.165) is 50.6 Å². The summed E-state index contributed by atoms with van der Waals surface area (Å²) in [6.45, 7) is 13.3. The van der Waals surface area contributed by atoms with Gasteiger partial charge in [0, 0.05) is 32.7 Å². The van der Waals surface area contributed by atoms with Crippen LogP contribution in [0.3, 0.4) is 0 Å². The van der Waals surface area contributed by atoms with Crippen molar-refractivity contribution in [2.75, 3.05) is 44.2 Å². The number of carbonyl (C=O) groups is 2. The molecule has 2 aliphatic heterocycles. The van der Waals surface area contributed by atoms with Gasteiger partial charge in [0.15, 0.2) is 0 Å². The molecule has 3 aliphatic rings. The van der Waals surface area contributed by atoms with Crippen molar-refractivity contribution in [2.45, 2.75) is 53.1 Å². The van der Waals surface area contributed by atoms with Crippen LogP contribution in [0.1, 0.15) is 47.0 Å². The van der Waals surface area contributed by atoms with Crippen molar-refractivity contribution < 1.29 is 14.3 Å². The Morgan fingerprint density at radius 3 is 2.06 bits per heavy atom. The number of likely N-dealkylation sites (tertiary alicyclic amines) is 1. The highest BCUT2D eigenvalue weighted by Crippen LogP contribution is 2.54. The van der Waals surface area contributed by atoms with Gasteiger partial charge in [0.05, 0.1) is 22.6 Å². The van der Waals surface area contributed by atoms with Gasteiger partial charge in [0.25, 0.3) is 0 Å². The largest absolute Gasteiger partial charge is 0.489 e. The van der Waals surface area contributed by atoms with Gasteiger partial charge in [-0.25, -0.2) is 0 Å². The van der Waals surface area contributed by atoms with Crippen LogP contribution in [0.25, 0.3) is 0 Å². The normalized spacial score (nSPS) is 27.7. The molecule has 7 heteroatoms. The van der Waals surface area contributed by atoms with Crippen LogP contribution in [-0.4, -0.2) is 67.0 Å². The molecule has 0 aromatic heterocycles. The lowest BCUT2D eigenvalue weighted by atomic mass is 9.61. The topological polar surface area (TPSA) is 53.1 Å². The predicted molar refractivity (Wildman–Crippen MR) is 134 cm³/mol. The highest BCUT2D eigenvalue weighted by molar-refractivity contribution is 6.09. The molecule has 1 aliphatic carbocycles. The van der Waals surface area contributed by atoms with E-state index in [-0.39, 0.29) is 30.3 Å². The number of hydrogen-bond donors (Lipinski definition) is 0. The molecule has 0 N–H and O–H groups in total. The number of fused-ring (bicyclic) bond motifs is 1. The summed E-state index contributed by atoms with van der Waals surface area (Å²) in [5.41, 5.74) is -0.0157. The third kappa shape index (κ3) is 4.65. The van der Waals surface area contributed by atoms with Crippen molar-refractivity contribution in [3.05, 3.63) is 36.4 Å². The summed E-state index contributed by atoms with van der Waals surface area (Å²) in [7, 11) is 0. The van der Waals surface area contributed by atoms with Gasteiger partial charge in [-0.15, -0.1) is 12.4 Å². The molecule has 2 amide bonds. The quantitative estimate of drug-likeness (QED) is 0.438. The highest BCUT2D eigenvalue weighted by Gasteiger charge is 2.63. The second kappa shape index (κ2) is 10.1. The van der Waals surface area contributed by atoms with E-state index in [4.69, 9.17) is 4.74 Å². The number of carbonyl (C=O) groups excluding carboxylic acids is 2. The monoisotopic (exact) mass is 475 g/mol. The zero-order valence-electron chi connectivity index (χ0n) is 20.4. The summed E-state index contributed by atoms with van der Waals surface area (Å²) in [5, 5.41) is 0. The number of allylic oxidation sites excluding steroid dienone is 2. The number of piperazine rings is 1.